The maximum atomic E-state index is 13.3. The maximum Gasteiger partial charge on any atom is 0.193 e. The molecule has 0 spiro atoms. The Morgan fingerprint density at radius 1 is 0.838 bits per heavy atom. The fourth-order valence-corrected chi connectivity index (χ4v) is 5.71. The van der Waals surface area contributed by atoms with Crippen molar-refractivity contribution in [1.29, 1.82) is 0 Å². The van der Waals surface area contributed by atoms with Crippen LogP contribution in [0.15, 0.2) is 60.7 Å². The number of ketones is 2. The van der Waals surface area contributed by atoms with E-state index >= 15 is 0 Å². The second-order valence-electron chi connectivity index (χ2n) is 10.1. The molecule has 1 aliphatic rings. The molecule has 0 N–H and O–H groups in total. The minimum Gasteiger partial charge on any atom is -0.497 e. The number of ether oxygens (including phenoxy) is 2. The molecule has 192 valence electrons. The van der Waals surface area contributed by atoms with Crippen LogP contribution in [0.4, 0.5) is 0 Å². The van der Waals surface area contributed by atoms with E-state index in [0.29, 0.717) is 30.1 Å². The van der Waals surface area contributed by atoms with E-state index in [0.717, 1.165) is 52.5 Å². The smallest absolute Gasteiger partial charge is 0.193 e. The van der Waals surface area contributed by atoms with E-state index in [2.05, 4.69) is 10.6 Å². The maximum absolute atomic E-state index is 13.3. The minimum absolute atomic E-state index is 0.0337. The number of nitrogens with zero attached hydrogens (tertiary/aromatic N) is 1. The fraction of sp³-hybridized carbons (Fsp3) is 0.375. The number of hydrogen-bond donors (Lipinski definition) is 0. The van der Waals surface area contributed by atoms with E-state index in [-0.39, 0.29) is 11.6 Å². The summed E-state index contributed by atoms with van der Waals surface area (Å²) in [4.78, 5) is 26.4. The summed E-state index contributed by atoms with van der Waals surface area (Å²) < 4.78 is 12.8. The summed E-state index contributed by atoms with van der Waals surface area (Å²) in [5.41, 5.74) is 4.15. The Labute approximate surface area is 218 Å². The Morgan fingerprint density at radius 2 is 1.46 bits per heavy atom. The van der Waals surface area contributed by atoms with Crippen molar-refractivity contribution in [3.05, 3.63) is 77.4 Å². The summed E-state index contributed by atoms with van der Waals surface area (Å²) >= 11 is 0. The molecule has 0 amide bonds. The number of Topliss-reactive ketones (excluding diaryl/α,β-unsaturated/α-hetero) is 1. The van der Waals surface area contributed by atoms with Gasteiger partial charge in [-0.2, -0.15) is 0 Å². The number of carbonyl (C=O) groups is 2. The lowest BCUT2D eigenvalue weighted by Crippen LogP contribution is -2.04. The van der Waals surface area contributed by atoms with Crippen molar-refractivity contribution in [1.82, 2.24) is 4.57 Å². The molecule has 37 heavy (non-hydrogen) atoms. The molecule has 1 heterocycles. The van der Waals surface area contributed by atoms with Gasteiger partial charge in [-0.15, -0.1) is 0 Å². The Hall–Kier alpha value is -3.44. The number of hydrogen-bond acceptors (Lipinski definition) is 4. The summed E-state index contributed by atoms with van der Waals surface area (Å²) in [6.07, 6.45) is 7.57. The topological polar surface area (TPSA) is 57.5 Å². The first-order valence-electron chi connectivity index (χ1n) is 13.4. The average molecular weight is 498 g/mol. The van der Waals surface area contributed by atoms with Gasteiger partial charge in [0.05, 0.1) is 7.11 Å². The molecule has 5 heteroatoms. The highest BCUT2D eigenvalue weighted by atomic mass is 16.5. The zero-order chi connectivity index (χ0) is 25.8. The minimum atomic E-state index is -0.0337. The van der Waals surface area contributed by atoms with E-state index in [9.17, 15) is 9.59 Å². The summed E-state index contributed by atoms with van der Waals surface area (Å²) in [7, 11) is 3.33. The van der Waals surface area contributed by atoms with Crippen LogP contribution in [0.1, 0.15) is 71.2 Å². The van der Waals surface area contributed by atoms with Crippen molar-refractivity contribution in [3.63, 3.8) is 0 Å². The molecule has 5 nitrogen and oxygen atoms in total. The zero-order valence-corrected chi connectivity index (χ0v) is 21.8. The predicted molar refractivity (Wildman–Crippen MR) is 148 cm³/mol. The second kappa shape index (κ2) is 11.3. The number of aryl methyl sites for hydroxylation is 1. The Bertz CT molecular complexity index is 1410. The van der Waals surface area contributed by atoms with Gasteiger partial charge in [0.25, 0.3) is 0 Å². The van der Waals surface area contributed by atoms with Crippen LogP contribution in [0.2, 0.25) is 0 Å². The third-order valence-corrected chi connectivity index (χ3v) is 7.79. The monoisotopic (exact) mass is 497 g/mol. The third kappa shape index (κ3) is 5.33. The van der Waals surface area contributed by atoms with Crippen LogP contribution in [0.5, 0.6) is 5.75 Å². The Balaban J connectivity index is 1.52. The zero-order valence-electron chi connectivity index (χ0n) is 21.8. The van der Waals surface area contributed by atoms with Crippen LogP contribution in [-0.2, 0) is 11.3 Å². The van der Waals surface area contributed by atoms with Gasteiger partial charge in [0, 0.05) is 65.2 Å². The first-order chi connectivity index (χ1) is 18.1. The van der Waals surface area contributed by atoms with Crippen LogP contribution < -0.4 is 4.74 Å². The number of methoxy groups -OCH3 is 2. The van der Waals surface area contributed by atoms with Crippen LogP contribution in [0.3, 0.4) is 0 Å². The molecule has 0 aliphatic heterocycles. The summed E-state index contributed by atoms with van der Waals surface area (Å²) in [5.74, 6) is 1.59. The van der Waals surface area contributed by atoms with Crippen molar-refractivity contribution in [2.75, 3.05) is 20.8 Å². The summed E-state index contributed by atoms with van der Waals surface area (Å²) in [6, 6.07) is 19.2. The van der Waals surface area contributed by atoms with Crippen molar-refractivity contribution < 1.29 is 19.1 Å². The summed E-state index contributed by atoms with van der Waals surface area (Å²) in [6.45, 7) is 1.47. The lowest BCUT2D eigenvalue weighted by atomic mass is 9.96. The largest absolute Gasteiger partial charge is 0.497 e. The van der Waals surface area contributed by atoms with Crippen molar-refractivity contribution in [3.8, 4) is 5.75 Å². The standard InChI is InChI=1S/C32H35NO4/c1-36-19-5-18-33-29-15-11-24(31(34)17-8-22-6-3-4-7-22)20-27(29)28-21-25(12-16-30(28)33)32(35)23-9-13-26(37-2)14-10-23/h9-16,20-22H,3-8,17-19H2,1-2H3. The van der Waals surface area contributed by atoms with Crippen molar-refractivity contribution in [2.24, 2.45) is 5.92 Å². The van der Waals surface area contributed by atoms with Crippen LogP contribution in [0, 0.1) is 5.92 Å². The average Bonchev–Trinajstić information content (AvgIpc) is 3.57. The molecule has 1 saturated carbocycles. The quantitative estimate of drug-likeness (QED) is 0.162. The van der Waals surface area contributed by atoms with Gasteiger partial charge in [0.2, 0.25) is 0 Å². The molecular formula is C32H35NO4. The van der Waals surface area contributed by atoms with Gasteiger partial charge >= 0.3 is 0 Å². The van der Waals surface area contributed by atoms with E-state index in [1.54, 1.807) is 38.5 Å². The van der Waals surface area contributed by atoms with Crippen LogP contribution in [-0.4, -0.2) is 37.0 Å². The third-order valence-electron chi connectivity index (χ3n) is 7.79. The van der Waals surface area contributed by atoms with Gasteiger partial charge in [-0.05, 0) is 79.4 Å². The molecule has 1 aliphatic carbocycles. The highest BCUT2D eigenvalue weighted by Gasteiger charge is 2.19. The first-order valence-corrected chi connectivity index (χ1v) is 13.4. The molecule has 4 aromatic rings. The lowest BCUT2D eigenvalue weighted by molar-refractivity contribution is 0.0973. The van der Waals surface area contributed by atoms with Gasteiger partial charge in [-0.25, -0.2) is 0 Å². The highest BCUT2D eigenvalue weighted by Crippen LogP contribution is 2.33. The molecule has 0 saturated heterocycles. The molecule has 0 unspecified atom stereocenters. The number of fused-ring (bicyclic) bond motifs is 3. The van der Waals surface area contributed by atoms with Gasteiger partial charge < -0.3 is 14.0 Å². The number of rotatable bonds is 11. The normalized spacial score (nSPS) is 14.0. The van der Waals surface area contributed by atoms with E-state index in [4.69, 9.17) is 9.47 Å². The molecule has 5 rings (SSSR count). The number of carbonyl (C=O) groups excluding carboxylic acids is 2. The van der Waals surface area contributed by atoms with E-state index in [1.165, 1.54) is 25.7 Å². The van der Waals surface area contributed by atoms with E-state index in [1.807, 2.05) is 30.3 Å². The lowest BCUT2D eigenvalue weighted by Gasteiger charge is -2.09. The second-order valence-corrected chi connectivity index (χ2v) is 10.1. The predicted octanol–water partition coefficient (Wildman–Crippen LogP) is 7.22. The van der Waals surface area contributed by atoms with Crippen molar-refractivity contribution in [2.45, 2.75) is 51.5 Å². The highest BCUT2D eigenvalue weighted by molar-refractivity contribution is 6.15. The Morgan fingerprint density at radius 3 is 2.11 bits per heavy atom. The molecule has 0 radical (unpaired) electrons. The molecule has 1 fully saturated rings. The molecule has 0 bridgehead atoms. The molecular weight excluding hydrogens is 462 g/mol. The number of benzene rings is 3. The fourth-order valence-electron chi connectivity index (χ4n) is 5.71. The molecule has 3 aromatic carbocycles. The van der Waals surface area contributed by atoms with Crippen LogP contribution in [0.25, 0.3) is 21.8 Å². The van der Waals surface area contributed by atoms with E-state index < -0.39 is 0 Å². The molecule has 0 atom stereocenters. The van der Waals surface area contributed by atoms with Crippen molar-refractivity contribution >= 4 is 33.4 Å². The van der Waals surface area contributed by atoms with Gasteiger partial charge in [0.1, 0.15) is 5.75 Å². The number of aromatic nitrogens is 1. The summed E-state index contributed by atoms with van der Waals surface area (Å²) in [5, 5.41) is 2.01. The van der Waals surface area contributed by atoms with Gasteiger partial charge in [-0.1, -0.05) is 25.7 Å². The Kier molecular flexibility index (Phi) is 7.71. The molecule has 1 aromatic heterocycles. The van der Waals surface area contributed by atoms with Gasteiger partial charge in [0.15, 0.2) is 11.6 Å². The first kappa shape index (κ1) is 25.2. The SMILES string of the molecule is COCCCn1c2ccc(C(=O)CCC3CCCC3)cc2c2cc(C(=O)c3ccc(OC)cc3)ccc21. The van der Waals surface area contributed by atoms with Gasteiger partial charge in [-0.3, -0.25) is 9.59 Å². The van der Waals surface area contributed by atoms with Crippen LogP contribution >= 0.6 is 0 Å².